The van der Waals surface area contributed by atoms with Gasteiger partial charge in [-0.25, -0.2) is 4.79 Å². The molecule has 0 saturated carbocycles. The lowest BCUT2D eigenvalue weighted by molar-refractivity contribution is 0.0693. The first-order valence-corrected chi connectivity index (χ1v) is 3.03. The van der Waals surface area contributed by atoms with Gasteiger partial charge >= 0.3 is 5.97 Å². The van der Waals surface area contributed by atoms with Crippen molar-refractivity contribution in [2.75, 3.05) is 7.11 Å². The molecule has 0 bridgehead atoms. The van der Waals surface area contributed by atoms with E-state index in [1.807, 2.05) is 0 Å². The summed E-state index contributed by atoms with van der Waals surface area (Å²) in [7, 11) is 1.41. The molecule has 1 rings (SSSR count). The summed E-state index contributed by atoms with van der Waals surface area (Å²) in [6.45, 7) is 0. The van der Waals surface area contributed by atoms with Gasteiger partial charge in [0.05, 0.1) is 7.11 Å². The number of hydrogen-bond donors (Lipinski definition) is 1. The van der Waals surface area contributed by atoms with Gasteiger partial charge in [0, 0.05) is 6.07 Å². The van der Waals surface area contributed by atoms with Crippen LogP contribution in [0.4, 0.5) is 0 Å². The molecule has 0 aliphatic rings. The van der Waals surface area contributed by atoms with Gasteiger partial charge in [-0.05, 0) is 6.07 Å². The minimum absolute atomic E-state index is 0.134. The van der Waals surface area contributed by atoms with E-state index in [1.54, 1.807) is 12.1 Å². The van der Waals surface area contributed by atoms with Crippen LogP contribution in [0, 0.1) is 6.07 Å². The van der Waals surface area contributed by atoms with Crippen LogP contribution in [0.3, 0.4) is 0 Å². The van der Waals surface area contributed by atoms with E-state index in [0.717, 1.165) is 0 Å². The Hall–Kier alpha value is -1.51. The molecule has 3 nitrogen and oxygen atoms in total. The lowest BCUT2D eigenvalue weighted by Crippen LogP contribution is -1.99. The van der Waals surface area contributed by atoms with Crippen molar-refractivity contribution in [2.45, 2.75) is 0 Å². The Morgan fingerprint density at radius 2 is 2.45 bits per heavy atom. The van der Waals surface area contributed by atoms with Crippen molar-refractivity contribution >= 4 is 5.97 Å². The quantitative estimate of drug-likeness (QED) is 0.690. The molecule has 57 valence electrons. The first kappa shape index (κ1) is 7.60. The summed E-state index contributed by atoms with van der Waals surface area (Å²) < 4.78 is 4.77. The summed E-state index contributed by atoms with van der Waals surface area (Å²) in [6, 6.07) is 7.34. The van der Waals surface area contributed by atoms with Crippen molar-refractivity contribution in [3.8, 4) is 5.75 Å². The summed E-state index contributed by atoms with van der Waals surface area (Å²) in [5.74, 6) is -0.737. The maximum Gasteiger partial charge on any atom is 0.339 e. The van der Waals surface area contributed by atoms with Crippen LogP contribution < -0.4 is 4.74 Å². The molecule has 1 N–H and O–H groups in total. The predicted octanol–water partition coefficient (Wildman–Crippen LogP) is 1.19. The zero-order valence-corrected chi connectivity index (χ0v) is 6.00. The van der Waals surface area contributed by atoms with E-state index in [2.05, 4.69) is 6.07 Å². The molecule has 0 spiro atoms. The summed E-state index contributed by atoms with van der Waals surface area (Å²) in [5, 5.41) is 8.60. The average molecular weight is 151 g/mol. The second-order valence-corrected chi connectivity index (χ2v) is 1.92. The van der Waals surface area contributed by atoms with E-state index in [1.165, 1.54) is 13.2 Å². The Balaban J connectivity index is 3.12. The van der Waals surface area contributed by atoms with Crippen molar-refractivity contribution in [1.29, 1.82) is 0 Å². The maximum absolute atomic E-state index is 10.5. The Morgan fingerprint density at radius 1 is 1.73 bits per heavy atom. The predicted molar refractivity (Wildman–Crippen MR) is 38.8 cm³/mol. The standard InChI is InChI=1S/C8H7O3/c1-11-7-5-3-2-4-6(7)8(9)10/h2-4H,1H3,(H,9,10). The number of ether oxygens (including phenoxy) is 1. The third kappa shape index (κ3) is 1.49. The van der Waals surface area contributed by atoms with Gasteiger partial charge in [0.1, 0.15) is 11.3 Å². The molecule has 0 amide bonds. The van der Waals surface area contributed by atoms with E-state index >= 15 is 0 Å². The zero-order chi connectivity index (χ0) is 8.27. The maximum atomic E-state index is 10.5. The van der Waals surface area contributed by atoms with Gasteiger partial charge in [-0.2, -0.15) is 0 Å². The molecule has 11 heavy (non-hydrogen) atoms. The van der Waals surface area contributed by atoms with Gasteiger partial charge in [0.25, 0.3) is 0 Å². The molecule has 0 aliphatic carbocycles. The normalized spacial score (nSPS) is 9.18. The topological polar surface area (TPSA) is 46.5 Å². The Kier molecular flexibility index (Phi) is 2.11. The van der Waals surface area contributed by atoms with Crippen molar-refractivity contribution in [3.05, 3.63) is 29.8 Å². The van der Waals surface area contributed by atoms with Gasteiger partial charge < -0.3 is 9.84 Å². The molecular formula is C8H7O3. The van der Waals surface area contributed by atoms with E-state index in [-0.39, 0.29) is 11.3 Å². The summed E-state index contributed by atoms with van der Waals surface area (Å²) in [4.78, 5) is 10.5. The third-order valence-corrected chi connectivity index (χ3v) is 1.25. The molecule has 0 fully saturated rings. The van der Waals surface area contributed by atoms with E-state index in [9.17, 15) is 4.79 Å². The van der Waals surface area contributed by atoms with E-state index in [4.69, 9.17) is 9.84 Å². The van der Waals surface area contributed by atoms with E-state index in [0.29, 0.717) is 0 Å². The first-order chi connectivity index (χ1) is 5.25. The smallest absolute Gasteiger partial charge is 0.339 e. The number of hydrogen-bond acceptors (Lipinski definition) is 2. The van der Waals surface area contributed by atoms with Crippen molar-refractivity contribution in [1.82, 2.24) is 0 Å². The number of carboxylic acids is 1. The van der Waals surface area contributed by atoms with Gasteiger partial charge in [-0.15, -0.1) is 0 Å². The summed E-state index contributed by atoms with van der Waals surface area (Å²) in [5.41, 5.74) is 0.134. The molecule has 1 aromatic carbocycles. The molecule has 0 heterocycles. The Bertz CT molecular complexity index is 268. The third-order valence-electron chi connectivity index (χ3n) is 1.25. The van der Waals surface area contributed by atoms with Crippen LogP contribution in [-0.4, -0.2) is 18.2 Å². The lowest BCUT2D eigenvalue weighted by atomic mass is 10.2. The van der Waals surface area contributed by atoms with Gasteiger partial charge in [0.2, 0.25) is 0 Å². The number of methoxy groups -OCH3 is 1. The van der Waals surface area contributed by atoms with Crippen LogP contribution in [-0.2, 0) is 0 Å². The monoisotopic (exact) mass is 151 g/mol. The van der Waals surface area contributed by atoms with Crippen LogP contribution in [0.2, 0.25) is 0 Å². The van der Waals surface area contributed by atoms with E-state index < -0.39 is 5.97 Å². The minimum atomic E-state index is -1.00. The SMILES string of the molecule is COc1[c]cccc1C(=O)O. The molecule has 0 aliphatic heterocycles. The first-order valence-electron chi connectivity index (χ1n) is 3.03. The largest absolute Gasteiger partial charge is 0.495 e. The highest BCUT2D eigenvalue weighted by Gasteiger charge is 2.07. The molecule has 0 atom stereocenters. The number of aromatic carboxylic acids is 1. The lowest BCUT2D eigenvalue weighted by Gasteiger charge is -2.01. The van der Waals surface area contributed by atoms with Gasteiger partial charge in [-0.1, -0.05) is 12.1 Å². The van der Waals surface area contributed by atoms with Crippen LogP contribution in [0.15, 0.2) is 18.2 Å². The molecule has 0 aromatic heterocycles. The molecule has 0 saturated heterocycles. The Morgan fingerprint density at radius 3 is 2.91 bits per heavy atom. The second kappa shape index (κ2) is 3.05. The van der Waals surface area contributed by atoms with Crippen LogP contribution in [0.5, 0.6) is 5.75 Å². The van der Waals surface area contributed by atoms with Crippen LogP contribution in [0.1, 0.15) is 10.4 Å². The zero-order valence-electron chi connectivity index (χ0n) is 6.00. The fourth-order valence-electron chi connectivity index (χ4n) is 0.759. The number of carbonyl (C=O) groups is 1. The van der Waals surface area contributed by atoms with Crippen molar-refractivity contribution in [2.24, 2.45) is 0 Å². The van der Waals surface area contributed by atoms with Crippen molar-refractivity contribution in [3.63, 3.8) is 0 Å². The molecule has 3 heteroatoms. The fourth-order valence-corrected chi connectivity index (χ4v) is 0.759. The molecule has 0 unspecified atom stereocenters. The highest BCUT2D eigenvalue weighted by Crippen LogP contribution is 2.15. The fraction of sp³-hybridized carbons (Fsp3) is 0.125. The number of carboxylic acid groups (broad SMARTS) is 1. The molecule has 1 aromatic rings. The number of rotatable bonds is 2. The van der Waals surface area contributed by atoms with Gasteiger partial charge in [0.15, 0.2) is 0 Å². The van der Waals surface area contributed by atoms with Crippen LogP contribution in [0.25, 0.3) is 0 Å². The summed E-state index contributed by atoms with van der Waals surface area (Å²) in [6.07, 6.45) is 0. The summed E-state index contributed by atoms with van der Waals surface area (Å²) >= 11 is 0. The Labute approximate surface area is 64.2 Å². The molecular weight excluding hydrogens is 144 g/mol. The second-order valence-electron chi connectivity index (χ2n) is 1.92. The average Bonchev–Trinajstić information content (AvgIpc) is 2.04. The minimum Gasteiger partial charge on any atom is -0.495 e. The van der Waals surface area contributed by atoms with Crippen molar-refractivity contribution < 1.29 is 14.6 Å². The number of para-hydroxylation sites is 1. The highest BCUT2D eigenvalue weighted by molar-refractivity contribution is 5.90. The highest BCUT2D eigenvalue weighted by atomic mass is 16.5. The van der Waals surface area contributed by atoms with Crippen LogP contribution >= 0.6 is 0 Å². The number of benzene rings is 1. The molecule has 1 radical (unpaired) electrons. The van der Waals surface area contributed by atoms with Gasteiger partial charge in [-0.3, -0.25) is 0 Å².